The minimum atomic E-state index is -4.67. The number of halogens is 3. The van der Waals surface area contributed by atoms with Crippen LogP contribution in [0.25, 0.3) is 11.1 Å². The van der Waals surface area contributed by atoms with Crippen LogP contribution in [0.4, 0.5) is 35.2 Å². The minimum Gasteiger partial charge on any atom is -0.475 e. The van der Waals surface area contributed by atoms with Crippen LogP contribution in [0.1, 0.15) is 5.56 Å². The number of aliphatic hydroxyl groups excluding tert-OH is 1. The van der Waals surface area contributed by atoms with Crippen molar-refractivity contribution < 1.29 is 32.5 Å². The van der Waals surface area contributed by atoms with E-state index in [0.717, 1.165) is 22.9 Å². The first kappa shape index (κ1) is 25.3. The lowest BCUT2D eigenvalue weighted by molar-refractivity contribution is -0.212. The highest BCUT2D eigenvalue weighted by Crippen LogP contribution is 2.32. The first-order valence-corrected chi connectivity index (χ1v) is 11.1. The van der Waals surface area contributed by atoms with Gasteiger partial charge < -0.3 is 30.1 Å². The van der Waals surface area contributed by atoms with E-state index in [9.17, 15) is 18.0 Å². The molecule has 0 unspecified atom stereocenters. The summed E-state index contributed by atoms with van der Waals surface area (Å²) in [6, 6.07) is 8.19. The van der Waals surface area contributed by atoms with E-state index in [-0.39, 0.29) is 23.6 Å². The molecule has 1 aromatic carbocycles. The van der Waals surface area contributed by atoms with Crippen molar-refractivity contribution in [3.05, 3.63) is 48.3 Å². The fourth-order valence-corrected chi connectivity index (χ4v) is 3.66. The summed E-state index contributed by atoms with van der Waals surface area (Å²) < 4.78 is 48.9. The van der Waals surface area contributed by atoms with Gasteiger partial charge >= 0.3 is 12.3 Å². The fraction of sp³-hybridized carbons (Fsp3) is 0.348. The van der Waals surface area contributed by atoms with E-state index in [2.05, 4.69) is 25.6 Å². The Morgan fingerprint density at radius 1 is 1.17 bits per heavy atom. The number of aliphatic hydroxyl groups is 1. The standard InChI is InChI=1S/C23H25F3N6O4/c1-15-2-3-17(28-22(34)29-18-13-27-32(14-18)23(24,25)26)12-19(15)16-10-20(31-4-7-35-8-5-31)30-21(11-16)36-9-6-33/h2-3,10-14,33H,4-9H2,1H3,(H2,28,29,34). The number of hydrogen-bond acceptors (Lipinski definition) is 7. The number of morpholine rings is 1. The van der Waals surface area contributed by atoms with E-state index in [0.29, 0.717) is 49.9 Å². The van der Waals surface area contributed by atoms with Gasteiger partial charge in [0.1, 0.15) is 12.4 Å². The van der Waals surface area contributed by atoms with Gasteiger partial charge in [-0.2, -0.15) is 14.8 Å². The van der Waals surface area contributed by atoms with Crippen LogP contribution in [0.2, 0.25) is 0 Å². The van der Waals surface area contributed by atoms with E-state index in [4.69, 9.17) is 14.6 Å². The molecule has 3 heterocycles. The third-order valence-electron chi connectivity index (χ3n) is 5.37. The SMILES string of the molecule is Cc1ccc(NC(=O)Nc2cnn(C(F)(F)F)c2)cc1-c1cc(OCCO)nc(N2CCOCC2)c1. The Balaban J connectivity index is 1.56. The van der Waals surface area contributed by atoms with Gasteiger partial charge in [0.2, 0.25) is 5.88 Å². The minimum absolute atomic E-state index is 0.0880. The van der Waals surface area contributed by atoms with Gasteiger partial charge in [-0.3, -0.25) is 0 Å². The van der Waals surface area contributed by atoms with Crippen LogP contribution in [0.15, 0.2) is 42.7 Å². The molecule has 13 heteroatoms. The van der Waals surface area contributed by atoms with E-state index in [1.165, 1.54) is 0 Å². The molecular weight excluding hydrogens is 481 g/mol. The number of rotatable bonds is 7. The van der Waals surface area contributed by atoms with E-state index in [1.807, 2.05) is 19.1 Å². The van der Waals surface area contributed by atoms with E-state index in [1.54, 1.807) is 18.2 Å². The van der Waals surface area contributed by atoms with Crippen molar-refractivity contribution in [2.24, 2.45) is 0 Å². The summed E-state index contributed by atoms with van der Waals surface area (Å²) in [6.45, 7) is 4.33. The molecule has 0 bridgehead atoms. The summed E-state index contributed by atoms with van der Waals surface area (Å²) in [5, 5.41) is 17.3. The highest BCUT2D eigenvalue weighted by Gasteiger charge is 2.31. The van der Waals surface area contributed by atoms with Crippen LogP contribution in [-0.4, -0.2) is 65.4 Å². The number of anilines is 3. The molecule has 0 radical (unpaired) electrons. The molecule has 3 aromatic rings. The fourth-order valence-electron chi connectivity index (χ4n) is 3.66. The van der Waals surface area contributed by atoms with Crippen LogP contribution in [0.3, 0.4) is 0 Å². The van der Waals surface area contributed by atoms with Gasteiger partial charge in [-0.1, -0.05) is 6.07 Å². The molecule has 4 rings (SSSR count). The van der Waals surface area contributed by atoms with Crippen molar-refractivity contribution in [3.8, 4) is 17.0 Å². The predicted molar refractivity (Wildman–Crippen MR) is 126 cm³/mol. The molecule has 10 nitrogen and oxygen atoms in total. The number of hydrogen-bond donors (Lipinski definition) is 3. The van der Waals surface area contributed by atoms with Gasteiger partial charge in [0.25, 0.3) is 0 Å². The van der Waals surface area contributed by atoms with Crippen LogP contribution in [0, 0.1) is 6.92 Å². The van der Waals surface area contributed by atoms with Crippen molar-refractivity contribution in [2.45, 2.75) is 13.2 Å². The molecular formula is C23H25F3N6O4. The smallest absolute Gasteiger partial charge is 0.475 e. The Morgan fingerprint density at radius 2 is 1.92 bits per heavy atom. The van der Waals surface area contributed by atoms with Gasteiger partial charge in [-0.15, -0.1) is 13.2 Å². The average Bonchev–Trinajstić information content (AvgIpc) is 3.33. The van der Waals surface area contributed by atoms with Crippen molar-refractivity contribution in [2.75, 3.05) is 55.1 Å². The Hall–Kier alpha value is -3.84. The molecule has 0 atom stereocenters. The van der Waals surface area contributed by atoms with Crippen molar-refractivity contribution in [3.63, 3.8) is 0 Å². The number of pyridine rings is 1. The molecule has 2 aromatic heterocycles. The number of urea groups is 1. The second-order valence-corrected chi connectivity index (χ2v) is 7.97. The van der Waals surface area contributed by atoms with E-state index >= 15 is 0 Å². The molecule has 3 N–H and O–H groups in total. The van der Waals surface area contributed by atoms with Crippen LogP contribution >= 0.6 is 0 Å². The first-order valence-electron chi connectivity index (χ1n) is 11.1. The van der Waals surface area contributed by atoms with Crippen LogP contribution in [0.5, 0.6) is 5.88 Å². The number of carbonyl (C=O) groups is 1. The normalized spacial score (nSPS) is 14.0. The molecule has 36 heavy (non-hydrogen) atoms. The lowest BCUT2D eigenvalue weighted by atomic mass is 10.0. The van der Waals surface area contributed by atoms with Gasteiger partial charge in [0.05, 0.1) is 37.9 Å². The molecule has 2 amide bonds. The van der Waals surface area contributed by atoms with Crippen molar-refractivity contribution in [1.29, 1.82) is 0 Å². The first-order chi connectivity index (χ1) is 17.2. The second kappa shape index (κ2) is 10.8. The van der Waals surface area contributed by atoms with E-state index < -0.39 is 12.3 Å². The quantitative estimate of drug-likeness (QED) is 0.449. The Labute approximate surface area is 204 Å². The Morgan fingerprint density at radius 3 is 2.61 bits per heavy atom. The van der Waals surface area contributed by atoms with Gasteiger partial charge in [0, 0.05) is 24.8 Å². The molecule has 0 aliphatic carbocycles. The van der Waals surface area contributed by atoms with Crippen LogP contribution in [-0.2, 0) is 11.0 Å². The summed E-state index contributed by atoms with van der Waals surface area (Å²) >= 11 is 0. The molecule has 1 aliphatic heterocycles. The summed E-state index contributed by atoms with van der Waals surface area (Å²) in [7, 11) is 0. The molecule has 0 saturated carbocycles. The maximum atomic E-state index is 12.7. The third-order valence-corrected chi connectivity index (χ3v) is 5.37. The summed E-state index contributed by atoms with van der Waals surface area (Å²) in [4.78, 5) is 19.0. The number of aryl methyl sites for hydroxylation is 1. The summed E-state index contributed by atoms with van der Waals surface area (Å²) in [5.41, 5.74) is 2.82. The molecule has 1 fully saturated rings. The average molecular weight is 506 g/mol. The highest BCUT2D eigenvalue weighted by molar-refractivity contribution is 6.00. The maximum Gasteiger partial charge on any atom is 0.504 e. The lowest BCUT2D eigenvalue weighted by Gasteiger charge is -2.28. The molecule has 0 spiro atoms. The third kappa shape index (κ3) is 6.23. The van der Waals surface area contributed by atoms with Crippen LogP contribution < -0.4 is 20.3 Å². The Kier molecular flexibility index (Phi) is 7.60. The largest absolute Gasteiger partial charge is 0.504 e. The summed E-state index contributed by atoms with van der Waals surface area (Å²) in [6.07, 6.45) is -3.09. The van der Waals surface area contributed by atoms with Gasteiger partial charge in [-0.25, -0.2) is 4.79 Å². The number of ether oxygens (including phenoxy) is 2. The van der Waals surface area contributed by atoms with Crippen molar-refractivity contribution >= 4 is 23.2 Å². The highest BCUT2D eigenvalue weighted by atomic mass is 19.4. The number of carbonyl (C=O) groups excluding carboxylic acids is 1. The predicted octanol–water partition coefficient (Wildman–Crippen LogP) is 3.58. The zero-order chi connectivity index (χ0) is 25.7. The number of aromatic nitrogens is 3. The number of nitrogens with one attached hydrogen (secondary N) is 2. The number of amides is 2. The maximum absolute atomic E-state index is 12.7. The Bertz CT molecular complexity index is 1210. The molecule has 192 valence electrons. The second-order valence-electron chi connectivity index (χ2n) is 7.97. The van der Waals surface area contributed by atoms with Gasteiger partial charge in [0.15, 0.2) is 0 Å². The summed E-state index contributed by atoms with van der Waals surface area (Å²) in [5.74, 6) is 1.04. The number of nitrogens with zero attached hydrogens (tertiary/aromatic N) is 4. The van der Waals surface area contributed by atoms with Crippen molar-refractivity contribution in [1.82, 2.24) is 14.8 Å². The number of alkyl halides is 3. The topological polar surface area (TPSA) is 114 Å². The monoisotopic (exact) mass is 506 g/mol. The lowest BCUT2D eigenvalue weighted by Crippen LogP contribution is -2.36. The zero-order valence-electron chi connectivity index (χ0n) is 19.4. The zero-order valence-corrected chi connectivity index (χ0v) is 19.4. The molecule has 1 aliphatic rings. The van der Waals surface area contributed by atoms with Gasteiger partial charge in [-0.05, 0) is 41.8 Å². The molecule has 1 saturated heterocycles. The number of benzene rings is 1.